The number of rotatable bonds is 2. The van der Waals surface area contributed by atoms with Crippen LogP contribution in [0.15, 0.2) is 18.3 Å². The fraction of sp³-hybridized carbons (Fsp3) is 0.571. The summed E-state index contributed by atoms with van der Waals surface area (Å²) in [5.74, 6) is -0.964. The van der Waals surface area contributed by atoms with Gasteiger partial charge in [-0.05, 0) is 38.4 Å². The molecule has 1 aromatic heterocycles. The van der Waals surface area contributed by atoms with Crippen LogP contribution in [0.1, 0.15) is 30.3 Å². The number of aromatic carboxylic acids is 1. The summed E-state index contributed by atoms with van der Waals surface area (Å²) in [5.41, 5.74) is 1.10. The lowest BCUT2D eigenvalue weighted by atomic mass is 10.1. The maximum absolute atomic E-state index is 11.0. The van der Waals surface area contributed by atoms with Crippen LogP contribution in [0.2, 0.25) is 0 Å². The predicted molar refractivity (Wildman–Crippen MR) is 72.6 cm³/mol. The van der Waals surface area contributed by atoms with E-state index >= 15 is 0 Å². The number of fused-ring (bicyclic) bond motifs is 1. The van der Waals surface area contributed by atoms with Gasteiger partial charge in [0.15, 0.2) is 0 Å². The monoisotopic (exact) mass is 261 g/mol. The Balaban J connectivity index is 1.84. The first-order valence-corrected chi connectivity index (χ1v) is 6.85. The molecule has 2 saturated heterocycles. The Bertz CT molecular complexity index is 491. The molecular formula is C14H19N3O2. The van der Waals surface area contributed by atoms with E-state index in [1.54, 1.807) is 12.3 Å². The van der Waals surface area contributed by atoms with Crippen LogP contribution in [0, 0.1) is 0 Å². The number of hydrogen-bond acceptors (Lipinski definition) is 4. The van der Waals surface area contributed by atoms with E-state index in [0.29, 0.717) is 12.1 Å². The first-order valence-electron chi connectivity index (χ1n) is 6.85. The Morgan fingerprint density at radius 3 is 3.11 bits per heavy atom. The highest BCUT2D eigenvalue weighted by Gasteiger charge is 2.34. The lowest BCUT2D eigenvalue weighted by Gasteiger charge is -2.43. The molecule has 5 nitrogen and oxygen atoms in total. The van der Waals surface area contributed by atoms with Gasteiger partial charge in [0.05, 0.1) is 0 Å². The summed E-state index contributed by atoms with van der Waals surface area (Å²) in [4.78, 5) is 19.8. The molecule has 5 heteroatoms. The molecule has 2 unspecified atom stereocenters. The SMILES string of the molecule is CC1CN2CCCC2CN1c1ccnc(C(=O)O)c1. The third-order valence-corrected chi connectivity index (χ3v) is 4.23. The molecule has 0 spiro atoms. The maximum atomic E-state index is 11.0. The van der Waals surface area contributed by atoms with Gasteiger partial charge >= 0.3 is 5.97 Å². The average Bonchev–Trinajstić information content (AvgIpc) is 2.85. The number of pyridine rings is 1. The van der Waals surface area contributed by atoms with Gasteiger partial charge in [-0.1, -0.05) is 0 Å². The average molecular weight is 261 g/mol. The van der Waals surface area contributed by atoms with Crippen LogP contribution in [-0.2, 0) is 0 Å². The van der Waals surface area contributed by atoms with Gasteiger partial charge in [0.1, 0.15) is 5.69 Å². The molecular weight excluding hydrogens is 242 g/mol. The number of anilines is 1. The number of carbonyl (C=O) groups is 1. The van der Waals surface area contributed by atoms with Gasteiger partial charge in [-0.25, -0.2) is 9.78 Å². The number of aromatic nitrogens is 1. The van der Waals surface area contributed by atoms with Gasteiger partial charge < -0.3 is 10.0 Å². The Kier molecular flexibility index (Phi) is 3.14. The van der Waals surface area contributed by atoms with Gasteiger partial charge in [0.25, 0.3) is 0 Å². The molecule has 2 aliphatic rings. The van der Waals surface area contributed by atoms with Crippen molar-refractivity contribution >= 4 is 11.7 Å². The van der Waals surface area contributed by atoms with Crippen molar-refractivity contribution in [1.29, 1.82) is 0 Å². The molecule has 3 rings (SSSR count). The normalized spacial score (nSPS) is 27.3. The number of piperazine rings is 1. The number of nitrogens with zero attached hydrogens (tertiary/aromatic N) is 3. The molecule has 0 saturated carbocycles. The lowest BCUT2D eigenvalue weighted by Crippen LogP contribution is -2.55. The Morgan fingerprint density at radius 2 is 2.32 bits per heavy atom. The van der Waals surface area contributed by atoms with Gasteiger partial charge in [-0.15, -0.1) is 0 Å². The number of carboxylic acids is 1. The Hall–Kier alpha value is -1.62. The van der Waals surface area contributed by atoms with Crippen molar-refractivity contribution in [2.75, 3.05) is 24.5 Å². The lowest BCUT2D eigenvalue weighted by molar-refractivity contribution is 0.0690. The second-order valence-electron chi connectivity index (χ2n) is 5.50. The maximum Gasteiger partial charge on any atom is 0.354 e. The zero-order chi connectivity index (χ0) is 13.4. The summed E-state index contributed by atoms with van der Waals surface area (Å²) in [5, 5.41) is 9.03. The van der Waals surface area contributed by atoms with Crippen molar-refractivity contribution in [1.82, 2.24) is 9.88 Å². The van der Waals surface area contributed by atoms with Gasteiger partial charge in [-0.3, -0.25) is 4.90 Å². The van der Waals surface area contributed by atoms with E-state index in [0.717, 1.165) is 18.8 Å². The van der Waals surface area contributed by atoms with Crippen LogP contribution in [-0.4, -0.2) is 52.7 Å². The zero-order valence-corrected chi connectivity index (χ0v) is 11.1. The van der Waals surface area contributed by atoms with E-state index in [2.05, 4.69) is 21.7 Å². The molecule has 2 atom stereocenters. The van der Waals surface area contributed by atoms with Crippen molar-refractivity contribution in [3.05, 3.63) is 24.0 Å². The Morgan fingerprint density at radius 1 is 1.47 bits per heavy atom. The third-order valence-electron chi connectivity index (χ3n) is 4.23. The second-order valence-corrected chi connectivity index (χ2v) is 5.50. The summed E-state index contributed by atoms with van der Waals surface area (Å²) in [6, 6.07) is 4.63. The topological polar surface area (TPSA) is 56.7 Å². The quantitative estimate of drug-likeness (QED) is 0.873. The first kappa shape index (κ1) is 12.4. The van der Waals surface area contributed by atoms with Gasteiger partial charge in [0.2, 0.25) is 0 Å². The first-order chi connectivity index (χ1) is 9.15. The fourth-order valence-corrected chi connectivity index (χ4v) is 3.26. The van der Waals surface area contributed by atoms with E-state index in [-0.39, 0.29) is 5.69 Å². The zero-order valence-electron chi connectivity index (χ0n) is 11.1. The van der Waals surface area contributed by atoms with Crippen LogP contribution in [0.4, 0.5) is 5.69 Å². The van der Waals surface area contributed by atoms with Crippen molar-refractivity contribution in [2.24, 2.45) is 0 Å². The molecule has 2 fully saturated rings. The molecule has 2 aliphatic heterocycles. The molecule has 0 radical (unpaired) electrons. The van der Waals surface area contributed by atoms with Crippen LogP contribution in [0.5, 0.6) is 0 Å². The van der Waals surface area contributed by atoms with Gasteiger partial charge in [0, 0.05) is 37.1 Å². The minimum absolute atomic E-state index is 0.124. The molecule has 0 bridgehead atoms. The van der Waals surface area contributed by atoms with Crippen LogP contribution < -0.4 is 4.90 Å². The largest absolute Gasteiger partial charge is 0.477 e. The van der Waals surface area contributed by atoms with E-state index in [9.17, 15) is 4.79 Å². The standard InChI is InChI=1S/C14H19N3O2/c1-10-8-16-6-2-3-12(16)9-17(10)11-4-5-15-13(7-11)14(18)19/h4-5,7,10,12H,2-3,6,8-9H2,1H3,(H,18,19). The molecule has 0 aliphatic carbocycles. The van der Waals surface area contributed by atoms with Crippen LogP contribution in [0.25, 0.3) is 0 Å². The summed E-state index contributed by atoms with van der Waals surface area (Å²) in [7, 11) is 0. The molecule has 102 valence electrons. The van der Waals surface area contributed by atoms with E-state index < -0.39 is 5.97 Å². The van der Waals surface area contributed by atoms with Gasteiger partial charge in [-0.2, -0.15) is 0 Å². The van der Waals surface area contributed by atoms with Crippen LogP contribution in [0.3, 0.4) is 0 Å². The highest BCUT2D eigenvalue weighted by Crippen LogP contribution is 2.28. The molecule has 1 N–H and O–H groups in total. The van der Waals surface area contributed by atoms with Crippen LogP contribution >= 0.6 is 0 Å². The summed E-state index contributed by atoms with van der Waals surface area (Å²) in [6.45, 7) is 5.47. The van der Waals surface area contributed by atoms with E-state index in [1.807, 2.05) is 6.07 Å². The smallest absolute Gasteiger partial charge is 0.354 e. The summed E-state index contributed by atoms with van der Waals surface area (Å²) in [6.07, 6.45) is 4.12. The number of hydrogen-bond donors (Lipinski definition) is 1. The highest BCUT2D eigenvalue weighted by atomic mass is 16.4. The highest BCUT2D eigenvalue weighted by molar-refractivity contribution is 5.86. The van der Waals surface area contributed by atoms with Crippen molar-refractivity contribution in [3.8, 4) is 0 Å². The fourth-order valence-electron chi connectivity index (χ4n) is 3.26. The summed E-state index contributed by atoms with van der Waals surface area (Å²) >= 11 is 0. The van der Waals surface area contributed by atoms with Crippen molar-refractivity contribution < 1.29 is 9.90 Å². The minimum Gasteiger partial charge on any atom is -0.477 e. The third kappa shape index (κ3) is 2.30. The molecule has 1 aromatic rings. The van der Waals surface area contributed by atoms with E-state index in [1.165, 1.54) is 19.4 Å². The van der Waals surface area contributed by atoms with Crippen molar-refractivity contribution in [2.45, 2.75) is 31.8 Å². The summed E-state index contributed by atoms with van der Waals surface area (Å²) < 4.78 is 0. The Labute approximate surface area is 112 Å². The molecule has 0 amide bonds. The molecule has 0 aromatic carbocycles. The predicted octanol–water partition coefficient (Wildman–Crippen LogP) is 1.45. The van der Waals surface area contributed by atoms with E-state index in [4.69, 9.17) is 5.11 Å². The minimum atomic E-state index is -0.964. The molecule has 3 heterocycles. The number of carboxylic acid groups (broad SMARTS) is 1. The second kappa shape index (κ2) is 4.81. The molecule has 19 heavy (non-hydrogen) atoms. The van der Waals surface area contributed by atoms with Crippen molar-refractivity contribution in [3.63, 3.8) is 0 Å².